The Balaban J connectivity index is 2.98. The second-order valence-electron chi connectivity index (χ2n) is 2.04. The molecule has 0 aliphatic heterocycles. The molecule has 1 aromatic heterocycles. The standard InChI is InChI=1S/C5H7NS3/c1-3(2)4-6-5(7)9-8-4/h3H,1-2H3. The molecule has 0 spiro atoms. The monoisotopic (exact) mass is 177 g/mol. The van der Waals surface area contributed by atoms with Crippen LogP contribution in [0, 0.1) is 3.95 Å². The Morgan fingerprint density at radius 3 is 2.33 bits per heavy atom. The normalized spacial score (nSPS) is 10.6. The van der Waals surface area contributed by atoms with Crippen molar-refractivity contribution in [2.75, 3.05) is 0 Å². The van der Waals surface area contributed by atoms with Crippen molar-refractivity contribution in [3.05, 3.63) is 8.96 Å². The molecule has 1 aromatic rings. The van der Waals surface area contributed by atoms with E-state index in [1.807, 2.05) is 0 Å². The van der Waals surface area contributed by atoms with Crippen molar-refractivity contribution in [1.29, 1.82) is 0 Å². The third-order valence-corrected chi connectivity index (χ3v) is 3.84. The van der Waals surface area contributed by atoms with Gasteiger partial charge in [-0.1, -0.05) is 24.2 Å². The fourth-order valence-corrected chi connectivity index (χ4v) is 2.84. The van der Waals surface area contributed by atoms with Crippen LogP contribution in [0.1, 0.15) is 24.8 Å². The minimum atomic E-state index is 0.531. The molecule has 0 unspecified atom stereocenters. The summed E-state index contributed by atoms with van der Waals surface area (Å²) >= 11 is 4.87. The molecule has 1 rings (SSSR count). The van der Waals surface area contributed by atoms with E-state index in [1.165, 1.54) is 0 Å². The molecule has 0 atom stereocenters. The fraction of sp³-hybridized carbons (Fsp3) is 0.600. The van der Waals surface area contributed by atoms with E-state index in [1.54, 1.807) is 20.7 Å². The van der Waals surface area contributed by atoms with E-state index in [9.17, 15) is 0 Å². The molecular formula is C5H7NS3. The quantitative estimate of drug-likeness (QED) is 0.483. The van der Waals surface area contributed by atoms with Crippen molar-refractivity contribution in [2.24, 2.45) is 0 Å². The summed E-state index contributed by atoms with van der Waals surface area (Å²) in [5.41, 5.74) is 0. The summed E-state index contributed by atoms with van der Waals surface area (Å²) in [4.78, 5) is 4.16. The number of hydrogen-bond acceptors (Lipinski definition) is 4. The lowest BCUT2D eigenvalue weighted by Gasteiger charge is -1.92. The van der Waals surface area contributed by atoms with E-state index in [2.05, 4.69) is 18.8 Å². The van der Waals surface area contributed by atoms with E-state index >= 15 is 0 Å². The minimum absolute atomic E-state index is 0.531. The van der Waals surface area contributed by atoms with Crippen molar-refractivity contribution in [3.63, 3.8) is 0 Å². The van der Waals surface area contributed by atoms with Gasteiger partial charge in [-0.3, -0.25) is 0 Å². The lowest BCUT2D eigenvalue weighted by atomic mass is 10.2. The summed E-state index contributed by atoms with van der Waals surface area (Å²) in [7, 11) is 3.26. The smallest absolute Gasteiger partial charge is 0.191 e. The molecule has 0 amide bonds. The van der Waals surface area contributed by atoms with Gasteiger partial charge in [0.25, 0.3) is 0 Å². The Bertz CT molecular complexity index is 234. The van der Waals surface area contributed by atoms with Gasteiger partial charge in [0.05, 0.1) is 0 Å². The fourth-order valence-electron chi connectivity index (χ4n) is 0.431. The lowest BCUT2D eigenvalue weighted by molar-refractivity contribution is 0.851. The van der Waals surface area contributed by atoms with Crippen LogP contribution < -0.4 is 0 Å². The van der Waals surface area contributed by atoms with Gasteiger partial charge in [0.2, 0.25) is 0 Å². The number of rotatable bonds is 1. The van der Waals surface area contributed by atoms with Crippen molar-refractivity contribution < 1.29 is 0 Å². The van der Waals surface area contributed by atoms with Gasteiger partial charge in [0, 0.05) is 5.92 Å². The van der Waals surface area contributed by atoms with E-state index in [4.69, 9.17) is 12.2 Å². The van der Waals surface area contributed by atoms with Crippen LogP contribution in [-0.4, -0.2) is 4.98 Å². The first-order valence-electron chi connectivity index (χ1n) is 2.67. The predicted molar refractivity (Wildman–Crippen MR) is 44.9 cm³/mol. The summed E-state index contributed by atoms with van der Waals surface area (Å²) in [6, 6.07) is 0. The van der Waals surface area contributed by atoms with Gasteiger partial charge in [-0.25, -0.2) is 4.98 Å². The van der Waals surface area contributed by atoms with E-state index in [-0.39, 0.29) is 0 Å². The van der Waals surface area contributed by atoms with Gasteiger partial charge >= 0.3 is 0 Å². The Morgan fingerprint density at radius 1 is 1.44 bits per heavy atom. The molecule has 0 aliphatic rings. The van der Waals surface area contributed by atoms with Crippen molar-refractivity contribution in [2.45, 2.75) is 19.8 Å². The molecule has 0 saturated carbocycles. The Kier molecular flexibility index (Phi) is 2.32. The number of nitrogens with zero attached hydrogens (tertiary/aromatic N) is 1. The first-order chi connectivity index (χ1) is 4.20. The molecule has 1 nitrogen and oxygen atoms in total. The molecule has 1 heterocycles. The molecule has 50 valence electrons. The number of aromatic nitrogens is 1. The highest BCUT2D eigenvalue weighted by Crippen LogP contribution is 2.21. The van der Waals surface area contributed by atoms with Crippen LogP contribution in [0.5, 0.6) is 0 Å². The summed E-state index contributed by atoms with van der Waals surface area (Å²) in [5.74, 6) is 0.531. The zero-order chi connectivity index (χ0) is 6.85. The van der Waals surface area contributed by atoms with Gasteiger partial charge in [0.1, 0.15) is 5.01 Å². The zero-order valence-electron chi connectivity index (χ0n) is 5.25. The molecule has 0 bridgehead atoms. The van der Waals surface area contributed by atoms with Crippen LogP contribution in [0.3, 0.4) is 0 Å². The summed E-state index contributed by atoms with van der Waals surface area (Å²) in [5, 5.41) is 1.16. The lowest BCUT2D eigenvalue weighted by Crippen LogP contribution is -1.82. The van der Waals surface area contributed by atoms with Crippen LogP contribution >= 0.6 is 32.9 Å². The first kappa shape index (κ1) is 7.31. The minimum Gasteiger partial charge on any atom is -0.219 e. The van der Waals surface area contributed by atoms with Crippen molar-refractivity contribution in [3.8, 4) is 0 Å². The molecule has 4 heteroatoms. The predicted octanol–water partition coefficient (Wildman–Crippen LogP) is 3.06. The molecule has 0 fully saturated rings. The average Bonchev–Trinajstić information content (AvgIpc) is 2.14. The summed E-state index contributed by atoms with van der Waals surface area (Å²) in [6.45, 7) is 4.25. The van der Waals surface area contributed by atoms with Crippen LogP contribution in [0.4, 0.5) is 0 Å². The number of hydrogen-bond donors (Lipinski definition) is 0. The second-order valence-corrected chi connectivity index (χ2v) is 4.82. The highest BCUT2D eigenvalue weighted by atomic mass is 32.9. The maximum Gasteiger partial charge on any atom is 0.191 e. The third kappa shape index (κ3) is 1.81. The average molecular weight is 177 g/mol. The third-order valence-electron chi connectivity index (χ3n) is 0.894. The molecule has 0 aromatic carbocycles. The van der Waals surface area contributed by atoms with Gasteiger partial charge in [0.15, 0.2) is 3.95 Å². The van der Waals surface area contributed by atoms with Gasteiger partial charge in [-0.15, -0.1) is 0 Å². The Morgan fingerprint density at radius 2 is 2.11 bits per heavy atom. The van der Waals surface area contributed by atoms with Crippen LogP contribution in [-0.2, 0) is 0 Å². The molecule has 0 N–H and O–H groups in total. The summed E-state index contributed by atoms with van der Waals surface area (Å²) in [6.07, 6.45) is 0. The topological polar surface area (TPSA) is 12.9 Å². The second kappa shape index (κ2) is 2.86. The molecule has 0 aliphatic carbocycles. The van der Waals surface area contributed by atoms with E-state index < -0.39 is 0 Å². The van der Waals surface area contributed by atoms with Crippen LogP contribution in [0.2, 0.25) is 0 Å². The van der Waals surface area contributed by atoms with Gasteiger partial charge in [-0.05, 0) is 22.6 Å². The highest BCUT2D eigenvalue weighted by molar-refractivity contribution is 7.79. The van der Waals surface area contributed by atoms with Crippen LogP contribution in [0.15, 0.2) is 0 Å². The molecule has 0 saturated heterocycles. The van der Waals surface area contributed by atoms with E-state index in [0.29, 0.717) is 5.92 Å². The zero-order valence-corrected chi connectivity index (χ0v) is 7.70. The molecule has 9 heavy (non-hydrogen) atoms. The highest BCUT2D eigenvalue weighted by Gasteiger charge is 2.01. The van der Waals surface area contributed by atoms with Crippen LogP contribution in [0.25, 0.3) is 0 Å². The molecule has 0 radical (unpaired) electrons. The summed E-state index contributed by atoms with van der Waals surface area (Å²) < 4.78 is 0.767. The molecular weight excluding hydrogens is 170 g/mol. The van der Waals surface area contributed by atoms with Crippen molar-refractivity contribution in [1.82, 2.24) is 4.98 Å². The largest absolute Gasteiger partial charge is 0.219 e. The van der Waals surface area contributed by atoms with Crippen molar-refractivity contribution >= 4 is 32.9 Å². The van der Waals surface area contributed by atoms with Gasteiger partial charge < -0.3 is 0 Å². The maximum absolute atomic E-state index is 4.87. The Hall–Kier alpha value is 0.200. The Labute approximate surface area is 66.8 Å². The first-order valence-corrected chi connectivity index (χ1v) is 5.23. The maximum atomic E-state index is 4.87. The van der Waals surface area contributed by atoms with Gasteiger partial charge in [-0.2, -0.15) is 0 Å². The SMILES string of the molecule is CC(C)c1nc(=S)ss1. The van der Waals surface area contributed by atoms with E-state index in [0.717, 1.165) is 8.96 Å².